The summed E-state index contributed by atoms with van der Waals surface area (Å²) in [6.45, 7) is 2.22. The van der Waals surface area contributed by atoms with Gasteiger partial charge in [-0.15, -0.1) is 5.73 Å². The zero-order valence-corrected chi connectivity index (χ0v) is 13.4. The molecule has 0 saturated heterocycles. The number of rotatable bonds is 5. The summed E-state index contributed by atoms with van der Waals surface area (Å²) >= 11 is 3.46. The standard InChI is InChI=1S/C19H19Br/c1-2-3-7-18(17-8-5-4-6-9-17)13-10-16-11-14-19(20)15-12-16/h4-6,8-12,14-15H,2-3,7H2,1H3. The van der Waals surface area contributed by atoms with Gasteiger partial charge in [-0.05, 0) is 42.2 Å². The molecule has 0 aromatic heterocycles. The van der Waals surface area contributed by atoms with Gasteiger partial charge in [0, 0.05) is 10.0 Å². The van der Waals surface area contributed by atoms with E-state index in [1.165, 1.54) is 29.5 Å². The van der Waals surface area contributed by atoms with Crippen LogP contribution in [0.1, 0.15) is 37.3 Å². The number of hydrogen-bond acceptors (Lipinski definition) is 0. The van der Waals surface area contributed by atoms with Crippen LogP contribution in [0, 0.1) is 0 Å². The predicted molar refractivity (Wildman–Crippen MR) is 91.5 cm³/mol. The fraction of sp³-hybridized carbons (Fsp3) is 0.211. The van der Waals surface area contributed by atoms with Crippen LogP contribution >= 0.6 is 15.9 Å². The minimum atomic E-state index is 1.08. The predicted octanol–water partition coefficient (Wildman–Crippen LogP) is 6.34. The first kappa shape index (κ1) is 14.8. The lowest BCUT2D eigenvalue weighted by Gasteiger charge is -2.04. The highest BCUT2D eigenvalue weighted by molar-refractivity contribution is 9.10. The maximum Gasteiger partial charge on any atom is 0.0175 e. The molecule has 1 heteroatoms. The lowest BCUT2D eigenvalue weighted by molar-refractivity contribution is 0.825. The molecule has 0 nitrogen and oxygen atoms in total. The number of allylic oxidation sites excluding steroid dienone is 1. The second-order valence-electron chi connectivity index (χ2n) is 4.79. The van der Waals surface area contributed by atoms with Gasteiger partial charge < -0.3 is 0 Å². The number of hydrogen-bond donors (Lipinski definition) is 0. The molecule has 20 heavy (non-hydrogen) atoms. The van der Waals surface area contributed by atoms with Gasteiger partial charge in [0.1, 0.15) is 0 Å². The molecule has 0 fully saturated rings. The molecule has 0 aliphatic rings. The lowest BCUT2D eigenvalue weighted by atomic mass is 10.0. The minimum absolute atomic E-state index is 1.08. The van der Waals surface area contributed by atoms with Crippen LogP contribution in [0.5, 0.6) is 0 Å². The molecule has 0 atom stereocenters. The minimum Gasteiger partial charge on any atom is -0.116 e. The highest BCUT2D eigenvalue weighted by Crippen LogP contribution is 2.20. The topological polar surface area (TPSA) is 0 Å². The quantitative estimate of drug-likeness (QED) is 0.563. The van der Waals surface area contributed by atoms with E-state index in [-0.39, 0.29) is 0 Å². The molecule has 102 valence electrons. The van der Waals surface area contributed by atoms with Gasteiger partial charge in [-0.25, -0.2) is 0 Å². The summed E-state index contributed by atoms with van der Waals surface area (Å²) in [6, 6.07) is 18.9. The first-order chi connectivity index (χ1) is 9.79. The zero-order chi connectivity index (χ0) is 14.2. The summed E-state index contributed by atoms with van der Waals surface area (Å²) < 4.78 is 1.10. The van der Waals surface area contributed by atoms with Crippen molar-refractivity contribution in [1.29, 1.82) is 0 Å². The third kappa shape index (κ3) is 4.52. The number of benzene rings is 2. The van der Waals surface area contributed by atoms with Crippen LogP contribution in [0.2, 0.25) is 0 Å². The molecule has 0 saturated carbocycles. The summed E-state index contributed by atoms with van der Waals surface area (Å²) in [5.41, 5.74) is 7.22. The Bertz CT molecular complexity index is 587. The van der Waals surface area contributed by atoms with E-state index in [0.717, 1.165) is 10.9 Å². The van der Waals surface area contributed by atoms with Crippen LogP contribution in [0.15, 0.2) is 64.8 Å². The van der Waals surface area contributed by atoms with Crippen LogP contribution in [-0.4, -0.2) is 0 Å². The van der Waals surface area contributed by atoms with Crippen molar-refractivity contribution < 1.29 is 0 Å². The van der Waals surface area contributed by atoms with E-state index < -0.39 is 0 Å². The third-order valence-electron chi connectivity index (χ3n) is 3.19. The van der Waals surface area contributed by atoms with Crippen molar-refractivity contribution in [2.24, 2.45) is 0 Å². The van der Waals surface area contributed by atoms with Crippen LogP contribution in [0.4, 0.5) is 0 Å². The van der Waals surface area contributed by atoms with Crippen molar-refractivity contribution in [2.75, 3.05) is 0 Å². The van der Waals surface area contributed by atoms with E-state index >= 15 is 0 Å². The first-order valence-electron chi connectivity index (χ1n) is 7.06. The monoisotopic (exact) mass is 326 g/mol. The maximum atomic E-state index is 3.48. The second kappa shape index (κ2) is 7.89. The van der Waals surface area contributed by atoms with Crippen LogP contribution in [0.3, 0.4) is 0 Å². The molecule has 0 aliphatic carbocycles. The van der Waals surface area contributed by atoms with Gasteiger partial charge in [0.05, 0.1) is 0 Å². The summed E-state index contributed by atoms with van der Waals surface area (Å²) in [5, 5.41) is 0. The molecule has 0 radical (unpaired) electrons. The smallest absolute Gasteiger partial charge is 0.0175 e. The van der Waals surface area contributed by atoms with Gasteiger partial charge in [-0.3, -0.25) is 0 Å². The fourth-order valence-corrected chi connectivity index (χ4v) is 2.29. The third-order valence-corrected chi connectivity index (χ3v) is 3.71. The van der Waals surface area contributed by atoms with Crippen LogP contribution in [-0.2, 0) is 0 Å². The molecular formula is C19H19Br. The average molecular weight is 327 g/mol. The van der Waals surface area contributed by atoms with Gasteiger partial charge in [0.25, 0.3) is 0 Å². The lowest BCUT2D eigenvalue weighted by Crippen LogP contribution is -1.83. The van der Waals surface area contributed by atoms with Crippen molar-refractivity contribution in [3.05, 3.63) is 75.9 Å². The molecule has 0 N–H and O–H groups in total. The molecule has 0 bridgehead atoms. The van der Waals surface area contributed by atoms with E-state index in [1.54, 1.807) is 0 Å². The normalized spacial score (nSPS) is 9.90. The molecule has 0 heterocycles. The van der Waals surface area contributed by atoms with E-state index in [9.17, 15) is 0 Å². The Hall–Kier alpha value is -1.56. The molecular weight excluding hydrogens is 308 g/mol. The van der Waals surface area contributed by atoms with Gasteiger partial charge in [-0.1, -0.05) is 71.7 Å². The molecule has 2 aromatic carbocycles. The van der Waals surface area contributed by atoms with E-state index in [0.29, 0.717) is 0 Å². The highest BCUT2D eigenvalue weighted by atomic mass is 79.9. The number of halogens is 1. The highest BCUT2D eigenvalue weighted by Gasteiger charge is 1.99. The molecule has 2 aromatic rings. The SMILES string of the molecule is CCCCC(=C=Cc1ccc(Br)cc1)c1ccccc1. The Morgan fingerprint density at radius 1 is 1.05 bits per heavy atom. The Morgan fingerprint density at radius 2 is 1.75 bits per heavy atom. The first-order valence-corrected chi connectivity index (χ1v) is 7.85. The van der Waals surface area contributed by atoms with Gasteiger partial charge in [0.15, 0.2) is 0 Å². The van der Waals surface area contributed by atoms with Crippen molar-refractivity contribution in [3.63, 3.8) is 0 Å². The Balaban J connectivity index is 2.30. The summed E-state index contributed by atoms with van der Waals surface area (Å²) in [6.07, 6.45) is 5.56. The molecule has 2 rings (SSSR count). The zero-order valence-electron chi connectivity index (χ0n) is 11.8. The number of unbranched alkanes of at least 4 members (excludes halogenated alkanes) is 1. The molecule has 0 aliphatic heterocycles. The average Bonchev–Trinajstić information content (AvgIpc) is 2.50. The van der Waals surface area contributed by atoms with Crippen LogP contribution in [0.25, 0.3) is 11.6 Å². The molecule has 0 amide bonds. The van der Waals surface area contributed by atoms with Gasteiger partial charge in [0.2, 0.25) is 0 Å². The Kier molecular flexibility index (Phi) is 5.86. The van der Waals surface area contributed by atoms with Crippen molar-refractivity contribution in [3.8, 4) is 0 Å². The second-order valence-corrected chi connectivity index (χ2v) is 5.70. The van der Waals surface area contributed by atoms with Gasteiger partial charge >= 0.3 is 0 Å². The van der Waals surface area contributed by atoms with Crippen LogP contribution < -0.4 is 0 Å². The maximum absolute atomic E-state index is 3.48. The van der Waals surface area contributed by atoms with Crippen molar-refractivity contribution >= 4 is 27.6 Å². The summed E-state index contributed by atoms with van der Waals surface area (Å²) in [4.78, 5) is 0. The van der Waals surface area contributed by atoms with Gasteiger partial charge in [-0.2, -0.15) is 0 Å². The molecule has 0 spiro atoms. The Labute approximate surface area is 130 Å². The largest absolute Gasteiger partial charge is 0.116 e. The summed E-state index contributed by atoms with van der Waals surface area (Å²) in [5.74, 6) is 0. The van der Waals surface area contributed by atoms with E-state index in [2.05, 4.69) is 89.3 Å². The fourth-order valence-electron chi connectivity index (χ4n) is 2.02. The molecule has 0 unspecified atom stereocenters. The Morgan fingerprint density at radius 3 is 2.40 bits per heavy atom. The van der Waals surface area contributed by atoms with Crippen molar-refractivity contribution in [2.45, 2.75) is 26.2 Å². The van der Waals surface area contributed by atoms with Crippen molar-refractivity contribution in [1.82, 2.24) is 0 Å². The van der Waals surface area contributed by atoms with E-state index in [4.69, 9.17) is 0 Å². The summed E-state index contributed by atoms with van der Waals surface area (Å²) in [7, 11) is 0. The van der Waals surface area contributed by atoms with E-state index in [1.807, 2.05) is 0 Å².